The fraction of sp³-hybridized carbons (Fsp3) is 0.286. The van der Waals surface area contributed by atoms with Gasteiger partial charge in [-0.1, -0.05) is 12.1 Å². The number of pyridine rings is 1. The van der Waals surface area contributed by atoms with Crippen LogP contribution in [0.25, 0.3) is 27.5 Å². The Morgan fingerprint density at radius 2 is 2.07 bits per heavy atom. The van der Waals surface area contributed by atoms with Crippen LogP contribution in [0.2, 0.25) is 0 Å². The first-order chi connectivity index (χ1) is 13.4. The third kappa shape index (κ3) is 2.61. The summed E-state index contributed by atoms with van der Waals surface area (Å²) in [5, 5.41) is 23.7. The van der Waals surface area contributed by atoms with Crippen LogP contribution in [0.3, 0.4) is 0 Å². The maximum absolute atomic E-state index is 12.5. The van der Waals surface area contributed by atoms with Crippen molar-refractivity contribution in [1.82, 2.24) is 14.5 Å². The second kappa shape index (κ2) is 6.95. The molecule has 7 nitrogen and oxygen atoms in total. The van der Waals surface area contributed by atoms with E-state index in [1.165, 1.54) is 4.90 Å². The number of β-lactam (4-membered cyclic amide) rings is 1. The number of rotatable bonds is 3. The predicted octanol–water partition coefficient (Wildman–Crippen LogP) is -2.20. The second-order valence-electron chi connectivity index (χ2n) is 7.49. The molecule has 1 N–H and O–H groups in total. The minimum atomic E-state index is -1.37. The van der Waals surface area contributed by atoms with Crippen molar-refractivity contribution < 1.29 is 49.4 Å². The molecule has 2 aliphatic rings. The van der Waals surface area contributed by atoms with Gasteiger partial charge in [-0.05, 0) is 42.7 Å². The van der Waals surface area contributed by atoms with Crippen LogP contribution in [0.4, 0.5) is 0 Å². The zero-order valence-corrected chi connectivity index (χ0v) is 18.4. The molecule has 142 valence electrons. The zero-order chi connectivity index (χ0) is 19.7. The van der Waals surface area contributed by atoms with Crippen molar-refractivity contribution in [1.29, 1.82) is 0 Å². The Balaban J connectivity index is 0.00000205. The standard InChI is InChI=1S/C21H19N3O4.Na/c1-10(25)16-15-9-13(18(21(27)28)24(15)20(16)26)11-5-3-7-14-17(11)12-6-4-8-22-19(12)23(14)2;/h3-8,10,15-16,25H,9H2,1-2H3,(H,27,28);/q;+1/p-1/t10-,15-,16-;/m1./s1. The fourth-order valence-corrected chi connectivity index (χ4v) is 4.83. The minimum absolute atomic E-state index is 0. The number of carbonyl (C=O) groups excluding carboxylic acids is 2. The molecule has 1 saturated heterocycles. The molecule has 1 amide bonds. The molecule has 3 atom stereocenters. The summed E-state index contributed by atoms with van der Waals surface area (Å²) in [5.41, 5.74) is 2.99. The number of aryl methyl sites for hydroxylation is 1. The molecule has 0 radical (unpaired) electrons. The van der Waals surface area contributed by atoms with Crippen LogP contribution in [0.5, 0.6) is 0 Å². The van der Waals surface area contributed by atoms with Crippen molar-refractivity contribution >= 4 is 39.4 Å². The summed E-state index contributed by atoms with van der Waals surface area (Å²) in [6.45, 7) is 1.56. The van der Waals surface area contributed by atoms with Crippen LogP contribution < -0.4 is 34.7 Å². The van der Waals surface area contributed by atoms with E-state index in [4.69, 9.17) is 0 Å². The minimum Gasteiger partial charge on any atom is -0.543 e. The van der Waals surface area contributed by atoms with Crippen molar-refractivity contribution in [2.45, 2.75) is 25.5 Å². The number of hydrogen-bond donors (Lipinski definition) is 1. The Morgan fingerprint density at radius 1 is 1.31 bits per heavy atom. The quantitative estimate of drug-likeness (QED) is 0.398. The van der Waals surface area contributed by atoms with Gasteiger partial charge >= 0.3 is 29.6 Å². The van der Waals surface area contributed by atoms with Gasteiger partial charge in [0, 0.05) is 24.0 Å². The summed E-state index contributed by atoms with van der Waals surface area (Å²) in [4.78, 5) is 30.2. The monoisotopic (exact) mass is 399 g/mol. The number of carboxylic acids is 1. The fourth-order valence-electron chi connectivity index (χ4n) is 4.83. The third-order valence-corrected chi connectivity index (χ3v) is 6.02. The molecule has 1 fully saturated rings. The van der Waals surface area contributed by atoms with Crippen molar-refractivity contribution in [3.63, 3.8) is 0 Å². The van der Waals surface area contributed by atoms with Gasteiger partial charge < -0.3 is 24.5 Å². The van der Waals surface area contributed by atoms with Gasteiger partial charge in [-0.15, -0.1) is 0 Å². The van der Waals surface area contributed by atoms with Gasteiger partial charge in [0.15, 0.2) is 0 Å². The smallest absolute Gasteiger partial charge is 0.543 e. The molecule has 0 aliphatic carbocycles. The van der Waals surface area contributed by atoms with Gasteiger partial charge in [-0.2, -0.15) is 0 Å². The van der Waals surface area contributed by atoms with E-state index in [0.717, 1.165) is 27.5 Å². The second-order valence-corrected chi connectivity index (χ2v) is 7.49. The molecule has 3 aromatic rings. The summed E-state index contributed by atoms with van der Waals surface area (Å²) < 4.78 is 1.97. The topological polar surface area (TPSA) is 98.5 Å². The zero-order valence-electron chi connectivity index (χ0n) is 16.4. The SMILES string of the molecule is C[C@@H](O)[C@H]1C(=O)N2C(C(=O)[O-])=C(c3cccc4c3c3cccnc3n4C)C[C@H]12.[Na+]. The number of fused-ring (bicyclic) bond motifs is 4. The first-order valence-corrected chi connectivity index (χ1v) is 9.20. The van der Waals surface area contributed by atoms with E-state index in [2.05, 4.69) is 4.98 Å². The third-order valence-electron chi connectivity index (χ3n) is 6.02. The van der Waals surface area contributed by atoms with Crippen LogP contribution in [0, 0.1) is 5.92 Å². The number of hydrogen-bond acceptors (Lipinski definition) is 5. The van der Waals surface area contributed by atoms with Crippen LogP contribution in [-0.4, -0.2) is 43.6 Å². The number of aromatic nitrogens is 2. The molecular formula is C21H18N3NaO4. The number of aliphatic hydroxyl groups excluding tert-OH is 1. The molecule has 4 heterocycles. The summed E-state index contributed by atoms with van der Waals surface area (Å²) in [7, 11) is 1.92. The van der Waals surface area contributed by atoms with Crippen molar-refractivity contribution in [2.24, 2.45) is 13.0 Å². The van der Waals surface area contributed by atoms with Crippen LogP contribution in [-0.2, 0) is 16.6 Å². The molecule has 5 rings (SSSR count). The first-order valence-electron chi connectivity index (χ1n) is 9.20. The number of nitrogens with zero attached hydrogens (tertiary/aromatic N) is 3. The van der Waals surface area contributed by atoms with E-state index < -0.39 is 18.0 Å². The van der Waals surface area contributed by atoms with E-state index in [1.54, 1.807) is 13.1 Å². The normalized spacial score (nSPS) is 21.9. The average Bonchev–Trinajstić information content (AvgIpc) is 3.15. The van der Waals surface area contributed by atoms with Crippen LogP contribution >= 0.6 is 0 Å². The largest absolute Gasteiger partial charge is 1.00 e. The van der Waals surface area contributed by atoms with Crippen molar-refractivity contribution in [3.8, 4) is 0 Å². The number of amides is 1. The maximum atomic E-state index is 12.5. The first kappa shape index (κ1) is 20.1. The van der Waals surface area contributed by atoms with Gasteiger partial charge in [0.25, 0.3) is 0 Å². The summed E-state index contributed by atoms with van der Waals surface area (Å²) in [5.74, 6) is -2.31. The Hall–Kier alpha value is -2.19. The van der Waals surface area contributed by atoms with Gasteiger partial charge in [0.05, 0.1) is 35.2 Å². The summed E-state index contributed by atoms with van der Waals surface area (Å²) >= 11 is 0. The van der Waals surface area contributed by atoms with E-state index in [-0.39, 0.29) is 47.2 Å². The van der Waals surface area contributed by atoms with Gasteiger partial charge in [0.1, 0.15) is 5.65 Å². The molecule has 2 aliphatic heterocycles. The number of carbonyl (C=O) groups is 2. The van der Waals surface area contributed by atoms with Gasteiger partial charge in [0.2, 0.25) is 5.91 Å². The van der Waals surface area contributed by atoms with Crippen molar-refractivity contribution in [3.05, 3.63) is 47.8 Å². The number of benzene rings is 1. The number of aliphatic carboxylic acids is 1. The van der Waals surface area contributed by atoms with Crippen LogP contribution in [0.15, 0.2) is 42.2 Å². The Labute approximate surface area is 188 Å². The molecule has 29 heavy (non-hydrogen) atoms. The maximum Gasteiger partial charge on any atom is 1.00 e. The van der Waals surface area contributed by atoms with Gasteiger partial charge in [-0.3, -0.25) is 4.79 Å². The molecule has 2 aromatic heterocycles. The molecule has 8 heteroatoms. The van der Waals surface area contributed by atoms with Crippen molar-refractivity contribution in [2.75, 3.05) is 0 Å². The molecule has 0 bridgehead atoms. The number of carboxylic acid groups (broad SMARTS) is 1. The van der Waals surface area contributed by atoms with E-state index in [9.17, 15) is 19.8 Å². The molecule has 1 aromatic carbocycles. The summed E-state index contributed by atoms with van der Waals surface area (Å²) in [6.07, 6.45) is 1.27. The molecule has 0 unspecified atom stereocenters. The Bertz CT molecular complexity index is 1210. The molecular weight excluding hydrogens is 381 g/mol. The Morgan fingerprint density at radius 3 is 2.76 bits per heavy atom. The van der Waals surface area contributed by atoms with Crippen LogP contribution in [0.1, 0.15) is 18.9 Å². The number of aliphatic hydroxyl groups is 1. The average molecular weight is 399 g/mol. The van der Waals surface area contributed by atoms with E-state index in [0.29, 0.717) is 12.0 Å². The summed E-state index contributed by atoms with van der Waals surface area (Å²) in [6, 6.07) is 9.18. The Kier molecular flexibility index (Phi) is 4.82. The molecule has 0 spiro atoms. The van der Waals surface area contributed by atoms with E-state index in [1.807, 2.05) is 41.9 Å². The molecule has 0 saturated carbocycles. The van der Waals surface area contributed by atoms with E-state index >= 15 is 0 Å². The van der Waals surface area contributed by atoms with Gasteiger partial charge in [-0.25, -0.2) is 4.98 Å². The predicted molar refractivity (Wildman–Crippen MR) is 101 cm³/mol.